The Hall–Kier alpha value is -5.34. The summed E-state index contributed by atoms with van der Waals surface area (Å²) in [6.07, 6.45) is 11.6. The first-order valence-corrected chi connectivity index (χ1v) is 30.0. The van der Waals surface area contributed by atoms with Crippen LogP contribution in [0.25, 0.3) is 0 Å². The SMILES string of the molecule is CCCCCCCC[C@H](NC(=O)[C@@H]1CCCN1C(=O)CCCCC)C(=O)N[C@@H](CC(C)C)C(=O)NC(C)(C)C(=O)N[C@@H](CC(C)C)C(=O)N[C@@H](CC(C)C)C(=O)NC(C)(C)C(=O)NC(C)(C)C(=O)NCCC(=O)NCCCN(C)C. The monoisotopic (exact) mass is 1130 g/mol. The Bertz CT molecular complexity index is 2010. The lowest BCUT2D eigenvalue weighted by Gasteiger charge is -2.34. The fraction of sp³-hybridized carbons (Fsp3) is 0.831. The number of unbranched alkanes of at least 4 members (excludes halogenated alkanes) is 7. The van der Waals surface area contributed by atoms with Crippen LogP contribution < -0.4 is 47.9 Å². The Labute approximate surface area is 480 Å². The number of likely N-dealkylation sites (tertiary alicyclic amines) is 1. The predicted octanol–water partition coefficient (Wildman–Crippen LogP) is 4.64. The van der Waals surface area contributed by atoms with Crippen LogP contribution in [0, 0.1) is 17.8 Å². The van der Waals surface area contributed by atoms with Gasteiger partial charge in [0.2, 0.25) is 59.1 Å². The molecule has 1 heterocycles. The summed E-state index contributed by atoms with van der Waals surface area (Å²) in [5.74, 6) is -5.41. The number of rotatable bonds is 39. The third kappa shape index (κ3) is 27.9. The lowest BCUT2D eigenvalue weighted by atomic mass is 9.96. The lowest BCUT2D eigenvalue weighted by Crippen LogP contribution is -2.65. The van der Waals surface area contributed by atoms with E-state index in [0.29, 0.717) is 45.2 Å². The quantitative estimate of drug-likeness (QED) is 0.0382. The number of hydrogen-bond acceptors (Lipinski definition) is 11. The van der Waals surface area contributed by atoms with Crippen molar-refractivity contribution in [1.82, 2.24) is 57.7 Å². The van der Waals surface area contributed by atoms with Crippen LogP contribution in [0.2, 0.25) is 0 Å². The number of nitrogens with one attached hydrogen (secondary N) is 9. The molecule has 21 nitrogen and oxygen atoms in total. The van der Waals surface area contributed by atoms with E-state index in [0.717, 1.165) is 64.3 Å². The minimum Gasteiger partial charge on any atom is -0.356 e. The zero-order chi connectivity index (χ0) is 61.0. The van der Waals surface area contributed by atoms with Crippen molar-refractivity contribution < 1.29 is 47.9 Å². The maximum Gasteiger partial charge on any atom is 0.246 e. The minimum absolute atomic E-state index is 0.0472. The molecule has 0 unspecified atom stereocenters. The molecule has 5 atom stereocenters. The number of nitrogens with zero attached hydrogens (tertiary/aromatic N) is 2. The van der Waals surface area contributed by atoms with Crippen molar-refractivity contribution >= 4 is 59.1 Å². The smallest absolute Gasteiger partial charge is 0.246 e. The van der Waals surface area contributed by atoms with Gasteiger partial charge in [0.05, 0.1) is 0 Å². The first-order chi connectivity index (χ1) is 37.3. The molecule has 1 saturated heterocycles. The lowest BCUT2D eigenvalue weighted by molar-refractivity contribution is -0.140. The molecule has 21 heteroatoms. The van der Waals surface area contributed by atoms with E-state index in [9.17, 15) is 47.9 Å². The zero-order valence-electron chi connectivity index (χ0n) is 52.2. The Balaban J connectivity index is 3.23. The van der Waals surface area contributed by atoms with Gasteiger partial charge < -0.3 is 57.7 Å². The summed E-state index contributed by atoms with van der Waals surface area (Å²) in [6.45, 7) is 26.2. The second-order valence-electron chi connectivity index (χ2n) is 25.2. The molecule has 1 aliphatic rings. The van der Waals surface area contributed by atoms with Crippen LogP contribution in [-0.2, 0) is 47.9 Å². The highest BCUT2D eigenvalue weighted by Gasteiger charge is 2.41. The first kappa shape index (κ1) is 72.7. The van der Waals surface area contributed by atoms with Crippen LogP contribution in [0.5, 0.6) is 0 Å². The van der Waals surface area contributed by atoms with Gasteiger partial charge in [-0.2, -0.15) is 0 Å². The number of carbonyl (C=O) groups is 10. The van der Waals surface area contributed by atoms with Gasteiger partial charge in [0.1, 0.15) is 46.8 Å². The van der Waals surface area contributed by atoms with Crippen LogP contribution in [0.1, 0.15) is 213 Å². The van der Waals surface area contributed by atoms with Crippen LogP contribution in [0.3, 0.4) is 0 Å². The van der Waals surface area contributed by atoms with Crippen molar-refractivity contribution in [3.05, 3.63) is 0 Å². The van der Waals surface area contributed by atoms with Crippen molar-refractivity contribution in [3.8, 4) is 0 Å². The Kier molecular flexibility index (Phi) is 32.9. The van der Waals surface area contributed by atoms with E-state index in [1.807, 2.05) is 60.5 Å². The van der Waals surface area contributed by atoms with Crippen molar-refractivity contribution in [3.63, 3.8) is 0 Å². The second kappa shape index (κ2) is 36.2. The van der Waals surface area contributed by atoms with Gasteiger partial charge in [-0.05, 0) is 131 Å². The van der Waals surface area contributed by atoms with E-state index in [-0.39, 0.29) is 61.8 Å². The van der Waals surface area contributed by atoms with Crippen molar-refractivity contribution in [2.75, 3.05) is 40.3 Å². The average molecular weight is 1130 g/mol. The highest BCUT2D eigenvalue weighted by molar-refractivity contribution is 6.00. The first-order valence-electron chi connectivity index (χ1n) is 30.0. The number of hydrogen-bond donors (Lipinski definition) is 9. The van der Waals surface area contributed by atoms with Gasteiger partial charge in [-0.25, -0.2) is 0 Å². The molecule has 9 N–H and O–H groups in total. The Morgan fingerprint density at radius 1 is 0.500 bits per heavy atom. The van der Waals surface area contributed by atoms with E-state index in [2.05, 4.69) is 61.7 Å². The summed E-state index contributed by atoms with van der Waals surface area (Å²) in [5.41, 5.74) is -4.63. The van der Waals surface area contributed by atoms with E-state index in [1.165, 1.54) is 41.5 Å². The summed E-state index contributed by atoms with van der Waals surface area (Å²) < 4.78 is 0. The van der Waals surface area contributed by atoms with Gasteiger partial charge in [-0.3, -0.25) is 47.9 Å². The molecule has 0 bridgehead atoms. The molecule has 0 radical (unpaired) electrons. The Morgan fingerprint density at radius 2 is 0.975 bits per heavy atom. The average Bonchev–Trinajstić information content (AvgIpc) is 3.85. The second-order valence-corrected chi connectivity index (χ2v) is 25.2. The third-order valence-electron chi connectivity index (χ3n) is 14.1. The van der Waals surface area contributed by atoms with Crippen molar-refractivity contribution in [2.45, 2.75) is 259 Å². The zero-order valence-corrected chi connectivity index (χ0v) is 52.2. The van der Waals surface area contributed by atoms with E-state index < -0.39 is 94.1 Å². The highest BCUT2D eigenvalue weighted by Crippen LogP contribution is 2.21. The molecule has 1 rings (SSSR count). The van der Waals surface area contributed by atoms with E-state index >= 15 is 0 Å². The Morgan fingerprint density at radius 3 is 1.50 bits per heavy atom. The molecule has 0 aromatic carbocycles. The molecule has 1 aliphatic heterocycles. The van der Waals surface area contributed by atoms with Gasteiger partial charge in [0.15, 0.2) is 0 Å². The summed E-state index contributed by atoms with van der Waals surface area (Å²) >= 11 is 0. The maximum atomic E-state index is 14.3. The summed E-state index contributed by atoms with van der Waals surface area (Å²) in [5, 5.41) is 25.2. The molecule has 0 aromatic rings. The topological polar surface area (TPSA) is 285 Å². The summed E-state index contributed by atoms with van der Waals surface area (Å²) in [4.78, 5) is 141. The minimum atomic E-state index is -1.62. The normalized spacial score (nSPS) is 15.4. The van der Waals surface area contributed by atoms with Crippen LogP contribution >= 0.6 is 0 Å². The maximum absolute atomic E-state index is 14.3. The number of amides is 10. The molecule has 0 spiro atoms. The van der Waals surface area contributed by atoms with Gasteiger partial charge in [0, 0.05) is 32.5 Å². The molecule has 80 heavy (non-hydrogen) atoms. The highest BCUT2D eigenvalue weighted by atomic mass is 16.2. The van der Waals surface area contributed by atoms with Gasteiger partial charge >= 0.3 is 0 Å². The molecular weight excluding hydrogens is 1020 g/mol. The van der Waals surface area contributed by atoms with Crippen molar-refractivity contribution in [1.29, 1.82) is 0 Å². The predicted molar refractivity (Wildman–Crippen MR) is 313 cm³/mol. The standard InChI is InChI=1S/C59H109N11O10/c1-17-19-21-22-23-25-28-42(62-53(77)46-29-26-35-70(46)48(72)30-24-20-18-2)49(73)63-44(37-40(5)6)51(75)66-58(11,12)55(79)65-43(36-39(3)4)50(74)64-45(38-41(7)8)52(76)67-59(13,14)56(80)68-57(9,10)54(78)61-33-31-47(71)60-32-27-34-69(15)16/h39-46H,17-38H2,1-16H3,(H,60,71)(H,61,78)(H,62,77)(H,63,73)(H,64,74)(H,65,79)(H,66,75)(H,67,76)(H,68,80)/t42-,43-,44-,45-,46-/m0/s1. The van der Waals surface area contributed by atoms with E-state index in [4.69, 9.17) is 0 Å². The van der Waals surface area contributed by atoms with Crippen LogP contribution in [0.15, 0.2) is 0 Å². The molecule has 0 aromatic heterocycles. The molecule has 460 valence electrons. The number of carbonyl (C=O) groups excluding carboxylic acids is 10. The summed E-state index contributed by atoms with van der Waals surface area (Å²) in [6, 6.07) is -5.08. The van der Waals surface area contributed by atoms with Gasteiger partial charge in [0.25, 0.3) is 0 Å². The van der Waals surface area contributed by atoms with E-state index in [1.54, 1.807) is 4.90 Å². The van der Waals surface area contributed by atoms with Crippen LogP contribution in [0.4, 0.5) is 0 Å². The molecule has 0 aliphatic carbocycles. The molecule has 10 amide bonds. The molecule has 1 fully saturated rings. The molecule has 0 saturated carbocycles. The van der Waals surface area contributed by atoms with Crippen molar-refractivity contribution in [2.24, 2.45) is 17.8 Å². The van der Waals surface area contributed by atoms with Gasteiger partial charge in [-0.1, -0.05) is 107 Å². The third-order valence-corrected chi connectivity index (χ3v) is 14.1. The summed E-state index contributed by atoms with van der Waals surface area (Å²) in [7, 11) is 3.89. The fourth-order valence-corrected chi connectivity index (χ4v) is 9.29. The largest absolute Gasteiger partial charge is 0.356 e. The van der Waals surface area contributed by atoms with Gasteiger partial charge in [-0.15, -0.1) is 0 Å². The fourth-order valence-electron chi connectivity index (χ4n) is 9.29. The van der Waals surface area contributed by atoms with Crippen LogP contribution in [-0.4, -0.2) is 156 Å². The molecular formula is C59H109N11O10.